The monoisotopic (exact) mass is 290 g/mol. The Kier molecular flexibility index (Phi) is 6.24. The molecule has 0 aromatic heterocycles. The fourth-order valence-electron chi connectivity index (χ4n) is 2.16. The summed E-state index contributed by atoms with van der Waals surface area (Å²) in [7, 11) is 0. The van der Waals surface area contributed by atoms with E-state index in [4.69, 9.17) is 9.84 Å². The Morgan fingerprint density at radius 1 is 1.29 bits per heavy atom. The third-order valence-corrected chi connectivity index (χ3v) is 3.37. The smallest absolute Gasteiger partial charge is 0.243 e. The van der Waals surface area contributed by atoms with Crippen LogP contribution < -0.4 is 5.32 Å². The largest absolute Gasteiger partial charge is 0.508 e. The van der Waals surface area contributed by atoms with E-state index in [1.165, 1.54) is 6.08 Å². The molecular formula is C16H22N2O3. The van der Waals surface area contributed by atoms with Crippen LogP contribution in [0.5, 0.6) is 5.75 Å². The molecule has 5 nitrogen and oxygen atoms in total. The van der Waals surface area contributed by atoms with Crippen LogP contribution in [0, 0.1) is 0 Å². The lowest BCUT2D eigenvalue weighted by Crippen LogP contribution is -2.38. The number of carbonyl (C=O) groups excluding carboxylic acids is 1. The summed E-state index contributed by atoms with van der Waals surface area (Å²) in [5, 5.41) is 12.0. The summed E-state index contributed by atoms with van der Waals surface area (Å²) in [6.07, 6.45) is 4.19. The number of phenols is 1. The quantitative estimate of drug-likeness (QED) is 0.611. The number of carbonyl (C=O) groups is 1. The molecule has 0 saturated carbocycles. The summed E-state index contributed by atoms with van der Waals surface area (Å²) < 4.78 is 5.29. The van der Waals surface area contributed by atoms with Gasteiger partial charge in [0.25, 0.3) is 0 Å². The van der Waals surface area contributed by atoms with Crippen molar-refractivity contribution in [2.75, 3.05) is 39.4 Å². The molecule has 1 aromatic rings. The van der Waals surface area contributed by atoms with Gasteiger partial charge >= 0.3 is 0 Å². The van der Waals surface area contributed by atoms with E-state index in [-0.39, 0.29) is 11.7 Å². The Bertz CT molecular complexity index is 465. The van der Waals surface area contributed by atoms with Crippen molar-refractivity contribution in [1.29, 1.82) is 0 Å². The molecular weight excluding hydrogens is 268 g/mol. The summed E-state index contributed by atoms with van der Waals surface area (Å²) in [5.74, 6) is 0.129. The molecule has 0 atom stereocenters. The van der Waals surface area contributed by atoms with Crippen molar-refractivity contribution in [1.82, 2.24) is 10.2 Å². The highest BCUT2D eigenvalue weighted by Crippen LogP contribution is 2.10. The molecule has 5 heteroatoms. The Morgan fingerprint density at radius 2 is 2.00 bits per heavy atom. The Morgan fingerprint density at radius 3 is 2.71 bits per heavy atom. The minimum atomic E-state index is -0.0925. The van der Waals surface area contributed by atoms with E-state index in [0.29, 0.717) is 6.54 Å². The van der Waals surface area contributed by atoms with Crippen LogP contribution in [-0.4, -0.2) is 55.3 Å². The Labute approximate surface area is 125 Å². The molecule has 1 aromatic carbocycles. The maximum atomic E-state index is 11.7. The van der Waals surface area contributed by atoms with E-state index in [1.54, 1.807) is 30.3 Å². The highest BCUT2D eigenvalue weighted by molar-refractivity contribution is 5.91. The molecule has 0 bridgehead atoms. The molecule has 0 unspecified atom stereocenters. The van der Waals surface area contributed by atoms with Crippen molar-refractivity contribution in [3.63, 3.8) is 0 Å². The topological polar surface area (TPSA) is 61.8 Å². The van der Waals surface area contributed by atoms with Crippen LogP contribution in [0.1, 0.15) is 12.0 Å². The predicted octanol–water partition coefficient (Wildman–Crippen LogP) is 1.24. The summed E-state index contributed by atoms with van der Waals surface area (Å²) in [6, 6.07) is 6.72. The first-order valence-corrected chi connectivity index (χ1v) is 7.29. The molecule has 1 fully saturated rings. The SMILES string of the molecule is O=C(/C=C/c1ccc(O)cc1)NCCCN1CCOCC1. The van der Waals surface area contributed by atoms with Gasteiger partial charge in [-0.05, 0) is 36.7 Å². The van der Waals surface area contributed by atoms with Gasteiger partial charge in [0.05, 0.1) is 13.2 Å². The normalized spacial score (nSPS) is 16.2. The molecule has 2 N–H and O–H groups in total. The van der Waals surface area contributed by atoms with E-state index in [0.717, 1.165) is 44.8 Å². The van der Waals surface area contributed by atoms with Gasteiger partial charge < -0.3 is 15.2 Å². The van der Waals surface area contributed by atoms with Gasteiger partial charge in [-0.2, -0.15) is 0 Å². The molecule has 2 rings (SSSR count). The molecule has 21 heavy (non-hydrogen) atoms. The average molecular weight is 290 g/mol. The number of amides is 1. The first-order chi connectivity index (χ1) is 10.2. The fourth-order valence-corrected chi connectivity index (χ4v) is 2.16. The first-order valence-electron chi connectivity index (χ1n) is 7.29. The van der Waals surface area contributed by atoms with E-state index in [1.807, 2.05) is 0 Å². The number of aromatic hydroxyl groups is 1. The van der Waals surface area contributed by atoms with Crippen molar-refractivity contribution in [2.24, 2.45) is 0 Å². The summed E-state index contributed by atoms with van der Waals surface area (Å²) in [4.78, 5) is 14.0. The number of rotatable bonds is 6. The van der Waals surface area contributed by atoms with E-state index >= 15 is 0 Å². The summed E-state index contributed by atoms with van der Waals surface area (Å²) in [5.41, 5.74) is 0.885. The molecule has 1 heterocycles. The van der Waals surface area contributed by atoms with Crippen molar-refractivity contribution in [3.05, 3.63) is 35.9 Å². The van der Waals surface area contributed by atoms with Crippen molar-refractivity contribution < 1.29 is 14.6 Å². The average Bonchev–Trinajstić information content (AvgIpc) is 2.52. The van der Waals surface area contributed by atoms with Crippen LogP contribution in [0.3, 0.4) is 0 Å². The molecule has 1 amide bonds. The van der Waals surface area contributed by atoms with Crippen molar-refractivity contribution in [3.8, 4) is 5.75 Å². The number of ether oxygens (including phenoxy) is 1. The third-order valence-electron chi connectivity index (χ3n) is 3.37. The molecule has 0 radical (unpaired) electrons. The van der Waals surface area contributed by atoms with Crippen LogP contribution in [0.25, 0.3) is 6.08 Å². The number of benzene rings is 1. The number of hydrogen-bond acceptors (Lipinski definition) is 4. The van der Waals surface area contributed by atoms with Crippen LogP contribution in [-0.2, 0) is 9.53 Å². The minimum absolute atomic E-state index is 0.0925. The highest BCUT2D eigenvalue weighted by Gasteiger charge is 2.09. The summed E-state index contributed by atoms with van der Waals surface area (Å²) in [6.45, 7) is 5.24. The zero-order chi connectivity index (χ0) is 14.9. The van der Waals surface area contributed by atoms with Gasteiger partial charge in [-0.15, -0.1) is 0 Å². The van der Waals surface area contributed by atoms with Gasteiger partial charge in [-0.3, -0.25) is 9.69 Å². The molecule has 0 aliphatic carbocycles. The maximum Gasteiger partial charge on any atom is 0.243 e. The van der Waals surface area contributed by atoms with Gasteiger partial charge in [0.1, 0.15) is 5.75 Å². The zero-order valence-electron chi connectivity index (χ0n) is 12.1. The van der Waals surface area contributed by atoms with Gasteiger partial charge in [0, 0.05) is 25.7 Å². The Hall–Kier alpha value is -1.85. The maximum absolute atomic E-state index is 11.7. The van der Waals surface area contributed by atoms with E-state index in [9.17, 15) is 4.79 Å². The van der Waals surface area contributed by atoms with Crippen molar-refractivity contribution in [2.45, 2.75) is 6.42 Å². The number of nitrogens with zero attached hydrogens (tertiary/aromatic N) is 1. The van der Waals surface area contributed by atoms with Crippen LogP contribution in [0.15, 0.2) is 30.3 Å². The first kappa shape index (κ1) is 15.5. The number of nitrogens with one attached hydrogen (secondary N) is 1. The lowest BCUT2D eigenvalue weighted by Gasteiger charge is -2.26. The minimum Gasteiger partial charge on any atom is -0.508 e. The Balaban J connectivity index is 1.61. The number of phenolic OH excluding ortho intramolecular Hbond substituents is 1. The number of hydrogen-bond donors (Lipinski definition) is 2. The molecule has 114 valence electrons. The van der Waals surface area contributed by atoms with Crippen LogP contribution >= 0.6 is 0 Å². The van der Waals surface area contributed by atoms with E-state index in [2.05, 4.69) is 10.2 Å². The zero-order valence-corrected chi connectivity index (χ0v) is 12.1. The molecule has 1 aliphatic heterocycles. The fraction of sp³-hybridized carbons (Fsp3) is 0.438. The van der Waals surface area contributed by atoms with Crippen LogP contribution in [0.2, 0.25) is 0 Å². The highest BCUT2D eigenvalue weighted by atomic mass is 16.5. The van der Waals surface area contributed by atoms with Gasteiger partial charge in [0.2, 0.25) is 5.91 Å². The summed E-state index contributed by atoms with van der Waals surface area (Å²) >= 11 is 0. The van der Waals surface area contributed by atoms with Crippen molar-refractivity contribution >= 4 is 12.0 Å². The lowest BCUT2D eigenvalue weighted by molar-refractivity contribution is -0.116. The second-order valence-electron chi connectivity index (χ2n) is 5.02. The van der Waals surface area contributed by atoms with E-state index < -0.39 is 0 Å². The number of morpholine rings is 1. The standard InChI is InChI=1S/C16H22N2O3/c19-15-5-2-14(3-6-15)4-7-16(20)17-8-1-9-18-10-12-21-13-11-18/h2-7,19H,1,8-13H2,(H,17,20)/b7-4+. The predicted molar refractivity (Wildman–Crippen MR) is 82.0 cm³/mol. The lowest BCUT2D eigenvalue weighted by atomic mass is 10.2. The molecule has 0 spiro atoms. The molecule has 1 saturated heterocycles. The van der Waals surface area contributed by atoms with Gasteiger partial charge in [-0.1, -0.05) is 12.1 Å². The molecule has 1 aliphatic rings. The van der Waals surface area contributed by atoms with Gasteiger partial charge in [-0.25, -0.2) is 0 Å². The second-order valence-corrected chi connectivity index (χ2v) is 5.02. The second kappa shape index (κ2) is 8.44. The van der Waals surface area contributed by atoms with Crippen LogP contribution in [0.4, 0.5) is 0 Å². The van der Waals surface area contributed by atoms with Gasteiger partial charge in [0.15, 0.2) is 0 Å². The third kappa shape index (κ3) is 5.97.